The number of hydrogen-bond donors (Lipinski definition) is 1. The van der Waals surface area contributed by atoms with Gasteiger partial charge in [0.15, 0.2) is 0 Å². The Morgan fingerprint density at radius 3 is 2.60 bits per heavy atom. The highest BCUT2D eigenvalue weighted by molar-refractivity contribution is 5.68. The molecule has 35 heavy (non-hydrogen) atoms. The molecule has 5 rings (SSSR count). The van der Waals surface area contributed by atoms with Crippen LogP contribution in [0.25, 0.3) is 11.3 Å². The van der Waals surface area contributed by atoms with Crippen molar-refractivity contribution in [3.05, 3.63) is 102 Å². The van der Waals surface area contributed by atoms with E-state index in [0.29, 0.717) is 18.5 Å². The summed E-state index contributed by atoms with van der Waals surface area (Å²) in [6.45, 7) is 4.00. The Kier molecular flexibility index (Phi) is 6.92. The Labute approximate surface area is 205 Å². The molecule has 1 fully saturated rings. The molecule has 4 aromatic rings. The number of nitriles is 1. The molecule has 1 N–H and O–H groups in total. The number of morpholine rings is 1. The van der Waals surface area contributed by atoms with Gasteiger partial charge in [-0.05, 0) is 47.5 Å². The second kappa shape index (κ2) is 10.8. The molecule has 1 aliphatic heterocycles. The number of ether oxygens (including phenoxy) is 1. The van der Waals surface area contributed by atoms with Crippen LogP contribution in [-0.4, -0.2) is 41.3 Å². The fraction of sp³-hybridized carbons (Fsp3) is 0.214. The van der Waals surface area contributed by atoms with E-state index in [-0.39, 0.29) is 0 Å². The summed E-state index contributed by atoms with van der Waals surface area (Å²) >= 11 is 0. The molecule has 0 bridgehead atoms. The maximum absolute atomic E-state index is 9.71. The third-order valence-electron chi connectivity index (χ3n) is 6.02. The first-order valence-corrected chi connectivity index (χ1v) is 11.7. The van der Waals surface area contributed by atoms with Crippen LogP contribution in [0.2, 0.25) is 0 Å². The molecule has 7 heteroatoms. The van der Waals surface area contributed by atoms with Gasteiger partial charge in [0.1, 0.15) is 11.9 Å². The van der Waals surface area contributed by atoms with E-state index in [9.17, 15) is 5.26 Å². The van der Waals surface area contributed by atoms with Gasteiger partial charge in [-0.15, -0.1) is 0 Å². The SMILES string of the molecule is N#Cc1cc(-c2ccnc(Cc3ccc(N4CCOCC4)cc3)n2)ccc1NCc1cccnc1. The predicted molar refractivity (Wildman–Crippen MR) is 136 cm³/mol. The van der Waals surface area contributed by atoms with Gasteiger partial charge in [-0.1, -0.05) is 24.3 Å². The number of anilines is 2. The van der Waals surface area contributed by atoms with Gasteiger partial charge in [-0.2, -0.15) is 5.26 Å². The molecule has 0 spiro atoms. The van der Waals surface area contributed by atoms with Crippen molar-refractivity contribution in [2.75, 3.05) is 36.5 Å². The zero-order chi connectivity index (χ0) is 23.9. The van der Waals surface area contributed by atoms with Crippen molar-refractivity contribution in [2.24, 2.45) is 0 Å². The molecule has 0 atom stereocenters. The maximum Gasteiger partial charge on any atom is 0.133 e. The molecule has 1 aliphatic rings. The van der Waals surface area contributed by atoms with E-state index in [1.54, 1.807) is 12.4 Å². The first-order valence-electron chi connectivity index (χ1n) is 11.7. The summed E-state index contributed by atoms with van der Waals surface area (Å²) < 4.78 is 5.44. The van der Waals surface area contributed by atoms with Crippen LogP contribution in [0.1, 0.15) is 22.5 Å². The number of benzene rings is 2. The summed E-state index contributed by atoms with van der Waals surface area (Å²) in [4.78, 5) is 15.7. The maximum atomic E-state index is 9.71. The average molecular weight is 463 g/mol. The molecule has 2 aromatic heterocycles. The van der Waals surface area contributed by atoms with Crippen LogP contribution >= 0.6 is 0 Å². The number of rotatable bonds is 7. The molecule has 174 valence electrons. The van der Waals surface area contributed by atoms with Gasteiger partial charge < -0.3 is 15.0 Å². The molecule has 0 aliphatic carbocycles. The van der Waals surface area contributed by atoms with Crippen molar-refractivity contribution < 1.29 is 4.74 Å². The number of nitrogens with zero attached hydrogens (tertiary/aromatic N) is 5. The summed E-state index contributed by atoms with van der Waals surface area (Å²) in [5.41, 5.74) is 6.48. The van der Waals surface area contributed by atoms with Crippen molar-refractivity contribution in [1.29, 1.82) is 5.26 Å². The summed E-state index contributed by atoms with van der Waals surface area (Å²) in [5, 5.41) is 13.0. The second-order valence-electron chi connectivity index (χ2n) is 8.39. The van der Waals surface area contributed by atoms with E-state index in [0.717, 1.165) is 60.2 Å². The van der Waals surface area contributed by atoms with Crippen molar-refractivity contribution >= 4 is 11.4 Å². The van der Waals surface area contributed by atoms with Crippen LogP contribution in [0.15, 0.2) is 79.3 Å². The van der Waals surface area contributed by atoms with Crippen molar-refractivity contribution in [2.45, 2.75) is 13.0 Å². The number of aromatic nitrogens is 3. The largest absolute Gasteiger partial charge is 0.380 e. The van der Waals surface area contributed by atoms with Gasteiger partial charge in [0.25, 0.3) is 0 Å². The van der Waals surface area contributed by atoms with Crippen LogP contribution in [-0.2, 0) is 17.7 Å². The first-order chi connectivity index (χ1) is 17.3. The molecule has 7 nitrogen and oxygen atoms in total. The topological polar surface area (TPSA) is 87.0 Å². The van der Waals surface area contributed by atoms with Gasteiger partial charge in [0.2, 0.25) is 0 Å². The minimum absolute atomic E-state index is 0.574. The lowest BCUT2D eigenvalue weighted by molar-refractivity contribution is 0.122. The standard InChI is InChI=1S/C28H26N6O/c29-18-24-17-23(5-8-26(24)32-20-22-2-1-10-30-19-22)27-9-11-31-28(33-27)16-21-3-6-25(7-4-21)34-12-14-35-15-13-34/h1-11,17,19,32H,12-16,20H2. The van der Waals surface area contributed by atoms with Crippen LogP contribution in [0.5, 0.6) is 0 Å². The highest BCUT2D eigenvalue weighted by Crippen LogP contribution is 2.25. The highest BCUT2D eigenvalue weighted by atomic mass is 16.5. The van der Waals surface area contributed by atoms with E-state index in [2.05, 4.69) is 50.5 Å². The monoisotopic (exact) mass is 462 g/mol. The molecule has 0 radical (unpaired) electrons. The lowest BCUT2D eigenvalue weighted by Crippen LogP contribution is -2.36. The third kappa shape index (κ3) is 5.62. The highest BCUT2D eigenvalue weighted by Gasteiger charge is 2.12. The van der Waals surface area contributed by atoms with Gasteiger partial charge in [-0.25, -0.2) is 9.97 Å². The van der Waals surface area contributed by atoms with Gasteiger partial charge in [0.05, 0.1) is 30.2 Å². The van der Waals surface area contributed by atoms with E-state index in [4.69, 9.17) is 9.72 Å². The number of hydrogen-bond acceptors (Lipinski definition) is 7. The Hall–Kier alpha value is -4.28. The minimum atomic E-state index is 0.574. The molecule has 2 aromatic carbocycles. The van der Waals surface area contributed by atoms with Crippen molar-refractivity contribution in [1.82, 2.24) is 15.0 Å². The quantitative estimate of drug-likeness (QED) is 0.434. The van der Waals surface area contributed by atoms with Crippen LogP contribution in [0.4, 0.5) is 11.4 Å². The molecular weight excluding hydrogens is 436 g/mol. The van der Waals surface area contributed by atoms with Crippen molar-refractivity contribution in [3.8, 4) is 17.3 Å². The molecule has 1 saturated heterocycles. The Morgan fingerprint density at radius 2 is 1.83 bits per heavy atom. The fourth-order valence-electron chi connectivity index (χ4n) is 4.12. The minimum Gasteiger partial charge on any atom is -0.380 e. The van der Waals surface area contributed by atoms with Gasteiger partial charge >= 0.3 is 0 Å². The van der Waals surface area contributed by atoms with Crippen LogP contribution in [0, 0.1) is 11.3 Å². The third-order valence-corrected chi connectivity index (χ3v) is 6.02. The lowest BCUT2D eigenvalue weighted by Gasteiger charge is -2.28. The molecule has 0 unspecified atom stereocenters. The second-order valence-corrected chi connectivity index (χ2v) is 8.39. The fourth-order valence-corrected chi connectivity index (χ4v) is 4.12. The molecular formula is C28H26N6O. The first kappa shape index (κ1) is 22.5. The predicted octanol–water partition coefficient (Wildman–Crippen LogP) is 4.45. The lowest BCUT2D eigenvalue weighted by atomic mass is 10.1. The normalized spacial score (nSPS) is 13.3. The van der Waals surface area contributed by atoms with Gasteiger partial charge in [-0.3, -0.25) is 4.98 Å². The summed E-state index contributed by atoms with van der Waals surface area (Å²) in [6.07, 6.45) is 5.98. The Balaban J connectivity index is 1.28. The van der Waals surface area contributed by atoms with Crippen LogP contribution < -0.4 is 10.2 Å². The van der Waals surface area contributed by atoms with E-state index < -0.39 is 0 Å². The molecule has 0 saturated carbocycles. The van der Waals surface area contributed by atoms with E-state index in [1.165, 1.54) is 5.69 Å². The summed E-state index contributed by atoms with van der Waals surface area (Å²) in [6, 6.07) is 22.4. The number of pyridine rings is 1. The van der Waals surface area contributed by atoms with Gasteiger partial charge in [0, 0.05) is 55.9 Å². The van der Waals surface area contributed by atoms with E-state index >= 15 is 0 Å². The average Bonchev–Trinajstić information content (AvgIpc) is 2.93. The smallest absolute Gasteiger partial charge is 0.133 e. The summed E-state index contributed by atoms with van der Waals surface area (Å²) in [5.74, 6) is 0.749. The Morgan fingerprint density at radius 1 is 0.971 bits per heavy atom. The van der Waals surface area contributed by atoms with Crippen molar-refractivity contribution in [3.63, 3.8) is 0 Å². The summed E-state index contributed by atoms with van der Waals surface area (Å²) in [7, 11) is 0. The van der Waals surface area contributed by atoms with E-state index in [1.807, 2.05) is 42.6 Å². The van der Waals surface area contributed by atoms with Crippen LogP contribution in [0.3, 0.4) is 0 Å². The Bertz CT molecular complexity index is 1310. The number of nitrogens with one attached hydrogen (secondary N) is 1. The molecule has 0 amide bonds. The molecule has 3 heterocycles. The zero-order valence-corrected chi connectivity index (χ0v) is 19.4. The zero-order valence-electron chi connectivity index (χ0n) is 19.4.